The maximum absolute atomic E-state index is 10.5. The first-order valence-electron chi connectivity index (χ1n) is 9.73. The Kier molecular flexibility index (Phi) is 5.00. The van der Waals surface area contributed by atoms with Gasteiger partial charge >= 0.3 is 0 Å². The smallest absolute Gasteiger partial charge is 0.149 e. The molecule has 1 aliphatic heterocycles. The van der Waals surface area contributed by atoms with Crippen molar-refractivity contribution in [3.05, 3.63) is 35.4 Å². The summed E-state index contributed by atoms with van der Waals surface area (Å²) in [6, 6.07) is 7.95. The van der Waals surface area contributed by atoms with Gasteiger partial charge in [0, 0.05) is 29.6 Å². The van der Waals surface area contributed by atoms with E-state index in [4.69, 9.17) is 0 Å². The second-order valence-electron chi connectivity index (χ2n) is 7.78. The average Bonchev–Trinajstić information content (AvgIpc) is 3.45. The Morgan fingerprint density at radius 2 is 2.04 bits per heavy atom. The maximum Gasteiger partial charge on any atom is 0.149 e. The van der Waals surface area contributed by atoms with Crippen molar-refractivity contribution in [2.45, 2.75) is 38.6 Å². The topological polar surface area (TPSA) is 61.3 Å². The van der Waals surface area contributed by atoms with E-state index in [1.165, 1.54) is 19.3 Å². The Hall–Kier alpha value is -2.58. The highest BCUT2D eigenvalue weighted by molar-refractivity contribution is 5.71. The number of aromatic nitrogens is 2. The minimum atomic E-state index is 0.199. The molecule has 1 saturated carbocycles. The van der Waals surface area contributed by atoms with Gasteiger partial charge in [0.2, 0.25) is 0 Å². The Morgan fingerprint density at radius 1 is 1.19 bits per heavy atom. The Balaban J connectivity index is 1.51. The first-order chi connectivity index (χ1) is 13.1. The third-order valence-electron chi connectivity index (χ3n) is 5.21. The number of likely N-dealkylation sites (tertiary alicyclic amines) is 1. The fraction of sp³-hybridized carbons (Fsp3) is 0.455. The molecular formula is C22H26N4O. The van der Waals surface area contributed by atoms with Crippen LogP contribution < -0.4 is 5.32 Å². The van der Waals surface area contributed by atoms with E-state index in [1.54, 1.807) is 6.07 Å². The largest absolute Gasteiger partial charge is 0.507 e. The minimum absolute atomic E-state index is 0.199. The molecular weight excluding hydrogens is 336 g/mol. The minimum Gasteiger partial charge on any atom is -0.507 e. The summed E-state index contributed by atoms with van der Waals surface area (Å²) in [5, 5.41) is 22.7. The first-order valence-corrected chi connectivity index (χ1v) is 9.73. The zero-order valence-electron chi connectivity index (χ0n) is 16.0. The lowest BCUT2D eigenvalue weighted by Gasteiger charge is -2.30. The standard InChI is InChI=1S/C22H26N4O/c1-15-12-21(23-18-4-3-11-26(2)14-18)24-25-22(15)19-10-9-17(13-20(19)27)8-7-16-5-6-16/h9-10,12-13,16,18,27H,3-6,11,14H2,1-2H3,(H,23,24)/t18-/m1/s1. The van der Waals surface area contributed by atoms with Crippen molar-refractivity contribution in [3.63, 3.8) is 0 Å². The molecule has 140 valence electrons. The van der Waals surface area contributed by atoms with Crippen LogP contribution in [0, 0.1) is 24.7 Å². The predicted molar refractivity (Wildman–Crippen MR) is 108 cm³/mol. The van der Waals surface area contributed by atoms with Crippen molar-refractivity contribution in [2.24, 2.45) is 5.92 Å². The van der Waals surface area contributed by atoms with Crippen molar-refractivity contribution in [3.8, 4) is 28.8 Å². The van der Waals surface area contributed by atoms with E-state index in [0.29, 0.717) is 23.2 Å². The number of piperidine rings is 1. The second-order valence-corrected chi connectivity index (χ2v) is 7.78. The monoisotopic (exact) mass is 362 g/mol. The van der Waals surface area contributed by atoms with Gasteiger partial charge in [-0.05, 0) is 76.0 Å². The highest BCUT2D eigenvalue weighted by atomic mass is 16.3. The molecule has 1 aliphatic carbocycles. The van der Waals surface area contributed by atoms with Crippen LogP contribution in [0.2, 0.25) is 0 Å². The van der Waals surface area contributed by atoms with Gasteiger partial charge in [-0.25, -0.2) is 0 Å². The Morgan fingerprint density at radius 3 is 2.74 bits per heavy atom. The lowest BCUT2D eigenvalue weighted by molar-refractivity contribution is 0.260. The van der Waals surface area contributed by atoms with Crippen molar-refractivity contribution in [2.75, 3.05) is 25.5 Å². The van der Waals surface area contributed by atoms with Crippen LogP contribution in [-0.4, -0.2) is 46.4 Å². The van der Waals surface area contributed by atoms with Crippen LogP contribution in [0.5, 0.6) is 5.75 Å². The van der Waals surface area contributed by atoms with Crippen LogP contribution in [0.3, 0.4) is 0 Å². The summed E-state index contributed by atoms with van der Waals surface area (Å²) < 4.78 is 0. The van der Waals surface area contributed by atoms with E-state index < -0.39 is 0 Å². The van der Waals surface area contributed by atoms with Crippen LogP contribution in [0.4, 0.5) is 5.82 Å². The number of phenols is 1. The molecule has 2 N–H and O–H groups in total. The normalized spacial score (nSPS) is 20.0. The molecule has 0 unspecified atom stereocenters. The van der Waals surface area contributed by atoms with E-state index in [2.05, 4.69) is 39.3 Å². The number of nitrogens with one attached hydrogen (secondary N) is 1. The number of nitrogens with zero attached hydrogens (tertiary/aromatic N) is 3. The van der Waals surface area contributed by atoms with Crippen LogP contribution in [0.25, 0.3) is 11.3 Å². The average molecular weight is 362 g/mol. The fourth-order valence-corrected chi connectivity index (χ4v) is 3.54. The summed E-state index contributed by atoms with van der Waals surface area (Å²) >= 11 is 0. The van der Waals surface area contributed by atoms with Crippen molar-refractivity contribution in [1.29, 1.82) is 0 Å². The number of hydrogen-bond donors (Lipinski definition) is 2. The third kappa shape index (κ3) is 4.40. The molecule has 1 atom stereocenters. The van der Waals surface area contributed by atoms with E-state index in [-0.39, 0.29) is 5.75 Å². The van der Waals surface area contributed by atoms with E-state index in [0.717, 1.165) is 36.5 Å². The summed E-state index contributed by atoms with van der Waals surface area (Å²) in [5.74, 6) is 7.90. The number of rotatable bonds is 3. The molecule has 5 nitrogen and oxygen atoms in total. The van der Waals surface area contributed by atoms with Gasteiger partial charge in [-0.3, -0.25) is 0 Å². The summed E-state index contributed by atoms with van der Waals surface area (Å²) in [6.45, 7) is 4.18. The maximum atomic E-state index is 10.5. The van der Waals surface area contributed by atoms with Gasteiger partial charge in [-0.2, -0.15) is 0 Å². The molecule has 4 rings (SSSR count). The molecule has 5 heteroatoms. The summed E-state index contributed by atoms with van der Waals surface area (Å²) in [4.78, 5) is 2.33. The highest BCUT2D eigenvalue weighted by Gasteiger charge is 2.19. The number of phenolic OH excluding ortho intramolecular Hbond substituents is 1. The molecule has 0 spiro atoms. The fourth-order valence-electron chi connectivity index (χ4n) is 3.54. The molecule has 2 heterocycles. The zero-order valence-corrected chi connectivity index (χ0v) is 16.0. The number of benzene rings is 1. The molecule has 0 radical (unpaired) electrons. The lowest BCUT2D eigenvalue weighted by atomic mass is 10.0. The highest BCUT2D eigenvalue weighted by Crippen LogP contribution is 2.32. The number of likely N-dealkylation sites (N-methyl/N-ethyl adjacent to an activating group) is 1. The predicted octanol–water partition coefficient (Wildman–Crippen LogP) is 3.43. The van der Waals surface area contributed by atoms with Gasteiger partial charge in [0.1, 0.15) is 11.6 Å². The SMILES string of the molecule is Cc1cc(N[C@@H]2CCCN(C)C2)nnc1-c1ccc(C#CC2CC2)cc1O. The lowest BCUT2D eigenvalue weighted by Crippen LogP contribution is -2.39. The van der Waals surface area contributed by atoms with E-state index >= 15 is 0 Å². The van der Waals surface area contributed by atoms with Gasteiger partial charge in [0.25, 0.3) is 0 Å². The quantitative estimate of drug-likeness (QED) is 0.819. The zero-order chi connectivity index (χ0) is 18.8. The van der Waals surface area contributed by atoms with Crippen LogP contribution in [-0.2, 0) is 0 Å². The number of anilines is 1. The first kappa shape index (κ1) is 17.8. The van der Waals surface area contributed by atoms with Crippen LogP contribution in [0.1, 0.15) is 36.8 Å². The Labute approximate surface area is 160 Å². The molecule has 0 amide bonds. The van der Waals surface area contributed by atoms with Gasteiger partial charge in [-0.1, -0.05) is 11.8 Å². The van der Waals surface area contributed by atoms with Crippen LogP contribution >= 0.6 is 0 Å². The van der Waals surface area contributed by atoms with Gasteiger partial charge in [0.05, 0.1) is 5.69 Å². The summed E-state index contributed by atoms with van der Waals surface area (Å²) in [5.41, 5.74) is 3.23. The number of aromatic hydroxyl groups is 1. The summed E-state index contributed by atoms with van der Waals surface area (Å²) in [6.07, 6.45) is 4.74. The molecule has 2 fully saturated rings. The molecule has 0 bridgehead atoms. The number of hydrogen-bond acceptors (Lipinski definition) is 5. The molecule has 2 aliphatic rings. The molecule has 1 aromatic carbocycles. The van der Waals surface area contributed by atoms with Crippen molar-refractivity contribution >= 4 is 5.82 Å². The van der Waals surface area contributed by atoms with Crippen molar-refractivity contribution in [1.82, 2.24) is 15.1 Å². The van der Waals surface area contributed by atoms with Crippen LogP contribution in [0.15, 0.2) is 24.3 Å². The van der Waals surface area contributed by atoms with E-state index in [1.807, 2.05) is 25.1 Å². The van der Waals surface area contributed by atoms with Crippen molar-refractivity contribution < 1.29 is 5.11 Å². The molecule has 1 aromatic heterocycles. The second kappa shape index (κ2) is 7.58. The third-order valence-corrected chi connectivity index (χ3v) is 5.21. The number of aryl methyl sites for hydroxylation is 1. The molecule has 1 saturated heterocycles. The molecule has 27 heavy (non-hydrogen) atoms. The van der Waals surface area contributed by atoms with Gasteiger partial charge < -0.3 is 15.3 Å². The van der Waals surface area contributed by atoms with Gasteiger partial charge in [-0.15, -0.1) is 10.2 Å². The van der Waals surface area contributed by atoms with E-state index in [9.17, 15) is 5.11 Å². The summed E-state index contributed by atoms with van der Waals surface area (Å²) in [7, 11) is 2.15. The molecule has 2 aromatic rings. The van der Waals surface area contributed by atoms with Gasteiger partial charge in [0.15, 0.2) is 0 Å². The Bertz CT molecular complexity index is 895.